The summed E-state index contributed by atoms with van der Waals surface area (Å²) in [6.45, 7) is 4.58. The summed E-state index contributed by atoms with van der Waals surface area (Å²) >= 11 is 5.22. The van der Waals surface area contributed by atoms with Crippen molar-refractivity contribution in [1.82, 2.24) is 9.97 Å². The van der Waals surface area contributed by atoms with E-state index < -0.39 is 0 Å². The molecule has 3 rings (SSSR count). The normalized spacial score (nSPS) is 27.7. The maximum absolute atomic E-state index is 5.22. The van der Waals surface area contributed by atoms with Gasteiger partial charge in [0.25, 0.3) is 0 Å². The molecular formula is C12H16N2S. The summed E-state index contributed by atoms with van der Waals surface area (Å²) in [6, 6.07) is 2.03. The van der Waals surface area contributed by atoms with Crippen molar-refractivity contribution in [1.29, 1.82) is 0 Å². The highest BCUT2D eigenvalue weighted by Gasteiger charge is 2.48. The molecule has 0 amide bonds. The molecule has 0 bridgehead atoms. The quantitative estimate of drug-likeness (QED) is 0.772. The lowest BCUT2D eigenvalue weighted by Gasteiger charge is -2.06. The van der Waals surface area contributed by atoms with E-state index in [1.54, 1.807) is 0 Å². The third-order valence-electron chi connectivity index (χ3n) is 3.64. The molecular weight excluding hydrogens is 204 g/mol. The van der Waals surface area contributed by atoms with Crippen LogP contribution in [0.4, 0.5) is 0 Å². The third kappa shape index (κ3) is 1.73. The number of rotatable bonds is 2. The van der Waals surface area contributed by atoms with Crippen molar-refractivity contribution in [3.8, 4) is 0 Å². The van der Waals surface area contributed by atoms with Crippen molar-refractivity contribution in [3.63, 3.8) is 0 Å². The van der Waals surface area contributed by atoms with E-state index >= 15 is 0 Å². The second kappa shape index (κ2) is 2.91. The van der Waals surface area contributed by atoms with Crippen molar-refractivity contribution in [2.75, 3.05) is 0 Å². The maximum Gasteiger partial charge on any atom is 0.130 e. The van der Waals surface area contributed by atoms with Crippen LogP contribution in [0.15, 0.2) is 6.07 Å². The van der Waals surface area contributed by atoms with Gasteiger partial charge in [-0.25, -0.2) is 4.98 Å². The molecule has 2 saturated carbocycles. The topological polar surface area (TPSA) is 28.7 Å². The van der Waals surface area contributed by atoms with Gasteiger partial charge in [-0.15, -0.1) is 0 Å². The van der Waals surface area contributed by atoms with Crippen LogP contribution >= 0.6 is 12.2 Å². The SMILES string of the molecule is CC1(C)CC1c1nc(=S)cc(C2CC2)[nH]1. The Bertz CT molecular complexity index is 457. The average Bonchev–Trinajstić information content (AvgIpc) is 2.99. The Labute approximate surface area is 95.1 Å². The molecule has 1 heterocycles. The summed E-state index contributed by atoms with van der Waals surface area (Å²) < 4.78 is 0.758. The van der Waals surface area contributed by atoms with E-state index in [0.717, 1.165) is 16.4 Å². The molecule has 1 aromatic rings. The molecule has 3 heteroatoms. The van der Waals surface area contributed by atoms with Crippen LogP contribution in [0.2, 0.25) is 0 Å². The molecule has 0 aromatic carbocycles. The molecule has 15 heavy (non-hydrogen) atoms. The summed E-state index contributed by atoms with van der Waals surface area (Å²) in [5, 5.41) is 0. The Morgan fingerprint density at radius 2 is 2.13 bits per heavy atom. The number of H-pyrrole nitrogens is 1. The van der Waals surface area contributed by atoms with Gasteiger partial charge in [-0.1, -0.05) is 26.1 Å². The fraction of sp³-hybridized carbons (Fsp3) is 0.667. The van der Waals surface area contributed by atoms with E-state index in [2.05, 4.69) is 23.8 Å². The number of aromatic nitrogens is 2. The van der Waals surface area contributed by atoms with Gasteiger partial charge in [0, 0.05) is 11.6 Å². The van der Waals surface area contributed by atoms with Crippen molar-refractivity contribution in [3.05, 3.63) is 22.2 Å². The van der Waals surface area contributed by atoms with Crippen LogP contribution in [0.5, 0.6) is 0 Å². The first-order valence-corrected chi connectivity index (χ1v) is 6.08. The van der Waals surface area contributed by atoms with Crippen LogP contribution in [0, 0.1) is 10.1 Å². The van der Waals surface area contributed by atoms with Crippen LogP contribution < -0.4 is 0 Å². The van der Waals surface area contributed by atoms with Crippen molar-refractivity contribution >= 4 is 12.2 Å². The van der Waals surface area contributed by atoms with Gasteiger partial charge >= 0.3 is 0 Å². The Kier molecular flexibility index (Phi) is 1.85. The van der Waals surface area contributed by atoms with Crippen molar-refractivity contribution in [2.24, 2.45) is 5.41 Å². The lowest BCUT2D eigenvalue weighted by molar-refractivity contribution is 0.606. The smallest absolute Gasteiger partial charge is 0.130 e. The predicted octanol–water partition coefficient (Wildman–Crippen LogP) is 3.53. The van der Waals surface area contributed by atoms with Crippen LogP contribution in [-0.4, -0.2) is 9.97 Å². The summed E-state index contributed by atoms with van der Waals surface area (Å²) in [5.74, 6) is 2.45. The molecule has 1 N–H and O–H groups in total. The summed E-state index contributed by atoms with van der Waals surface area (Å²) in [4.78, 5) is 7.95. The lowest BCUT2D eigenvalue weighted by Crippen LogP contribution is -2.00. The summed E-state index contributed by atoms with van der Waals surface area (Å²) in [6.07, 6.45) is 3.85. The maximum atomic E-state index is 5.22. The fourth-order valence-electron chi connectivity index (χ4n) is 2.21. The van der Waals surface area contributed by atoms with Gasteiger partial charge in [-0.2, -0.15) is 0 Å². The molecule has 1 aromatic heterocycles. The molecule has 0 saturated heterocycles. The van der Waals surface area contributed by atoms with Crippen molar-refractivity contribution < 1.29 is 0 Å². The number of nitrogens with zero attached hydrogens (tertiary/aromatic N) is 1. The van der Waals surface area contributed by atoms with E-state index in [0.29, 0.717) is 11.3 Å². The Morgan fingerprint density at radius 1 is 1.47 bits per heavy atom. The van der Waals surface area contributed by atoms with E-state index in [-0.39, 0.29) is 0 Å². The molecule has 2 aliphatic rings. The third-order valence-corrected chi connectivity index (χ3v) is 3.85. The first-order valence-electron chi connectivity index (χ1n) is 5.67. The second-order valence-corrected chi connectivity index (χ2v) is 6.00. The zero-order chi connectivity index (χ0) is 10.6. The zero-order valence-corrected chi connectivity index (χ0v) is 10.0. The van der Waals surface area contributed by atoms with Gasteiger partial charge in [0.1, 0.15) is 10.5 Å². The molecule has 2 fully saturated rings. The van der Waals surface area contributed by atoms with E-state index in [1.165, 1.54) is 25.0 Å². The van der Waals surface area contributed by atoms with Gasteiger partial charge in [0.2, 0.25) is 0 Å². The molecule has 1 unspecified atom stereocenters. The van der Waals surface area contributed by atoms with E-state index in [9.17, 15) is 0 Å². The Hall–Kier alpha value is -0.700. The van der Waals surface area contributed by atoms with Gasteiger partial charge in [0.15, 0.2) is 0 Å². The van der Waals surface area contributed by atoms with Crippen molar-refractivity contribution in [2.45, 2.75) is 44.9 Å². The minimum Gasteiger partial charge on any atom is -0.347 e. The highest BCUT2D eigenvalue weighted by Crippen LogP contribution is 2.57. The standard InChI is InChI=1S/C12H16N2S/c1-12(2)6-8(12)11-13-9(7-3-4-7)5-10(15)14-11/h5,7-8H,3-4,6H2,1-2H3,(H,13,14,15). The minimum atomic E-state index is 0.424. The fourth-order valence-corrected chi connectivity index (χ4v) is 2.43. The van der Waals surface area contributed by atoms with Crippen LogP contribution in [0.1, 0.15) is 56.5 Å². The highest BCUT2D eigenvalue weighted by atomic mass is 32.1. The van der Waals surface area contributed by atoms with Crippen LogP contribution in [0.25, 0.3) is 0 Å². The average molecular weight is 220 g/mol. The van der Waals surface area contributed by atoms with Gasteiger partial charge in [0.05, 0.1) is 0 Å². The molecule has 2 aliphatic carbocycles. The number of nitrogens with one attached hydrogen (secondary N) is 1. The molecule has 80 valence electrons. The lowest BCUT2D eigenvalue weighted by atomic mass is 10.1. The number of hydrogen-bond donors (Lipinski definition) is 1. The first-order chi connectivity index (χ1) is 7.06. The zero-order valence-electron chi connectivity index (χ0n) is 9.21. The van der Waals surface area contributed by atoms with Gasteiger partial charge in [-0.05, 0) is 36.7 Å². The van der Waals surface area contributed by atoms with E-state index in [1.807, 2.05) is 6.07 Å². The minimum absolute atomic E-state index is 0.424. The first kappa shape index (κ1) is 9.52. The summed E-state index contributed by atoms with van der Waals surface area (Å²) in [5.41, 5.74) is 1.74. The molecule has 1 atom stereocenters. The van der Waals surface area contributed by atoms with Crippen LogP contribution in [-0.2, 0) is 0 Å². The molecule has 2 nitrogen and oxygen atoms in total. The molecule has 0 spiro atoms. The number of hydrogen-bond acceptors (Lipinski definition) is 2. The molecule has 0 aliphatic heterocycles. The Morgan fingerprint density at radius 3 is 2.67 bits per heavy atom. The van der Waals surface area contributed by atoms with Gasteiger partial charge < -0.3 is 4.98 Å². The van der Waals surface area contributed by atoms with E-state index in [4.69, 9.17) is 12.2 Å². The summed E-state index contributed by atoms with van der Waals surface area (Å²) in [7, 11) is 0. The highest BCUT2D eigenvalue weighted by molar-refractivity contribution is 7.71. The Balaban J connectivity index is 1.98. The molecule has 0 radical (unpaired) electrons. The predicted molar refractivity (Wildman–Crippen MR) is 62.5 cm³/mol. The second-order valence-electron chi connectivity index (χ2n) is 5.58. The monoisotopic (exact) mass is 220 g/mol. The van der Waals surface area contributed by atoms with Gasteiger partial charge in [-0.3, -0.25) is 0 Å². The van der Waals surface area contributed by atoms with Crippen LogP contribution in [0.3, 0.4) is 0 Å². The largest absolute Gasteiger partial charge is 0.347 e. The number of aromatic amines is 1.